The fraction of sp³-hybridized carbons (Fsp3) is 0.909. The first-order chi connectivity index (χ1) is 13.4. The summed E-state index contributed by atoms with van der Waals surface area (Å²) in [6, 6.07) is 0. The van der Waals surface area contributed by atoms with Gasteiger partial charge in [-0.15, -0.1) is 5.06 Å². The average Bonchev–Trinajstić information content (AvgIpc) is 2.69. The molecule has 1 spiro atoms. The Morgan fingerprint density at radius 2 is 1.59 bits per heavy atom. The van der Waals surface area contributed by atoms with Gasteiger partial charge in [-0.1, -0.05) is 27.7 Å². The second kappa shape index (κ2) is 8.52. The van der Waals surface area contributed by atoms with E-state index in [-0.39, 0.29) is 23.3 Å². The molecule has 0 bridgehead atoms. The number of hydroxylamine groups is 2. The second-order valence-corrected chi connectivity index (χ2v) is 9.36. The van der Waals surface area contributed by atoms with Gasteiger partial charge in [0.05, 0.1) is 29.7 Å². The predicted octanol–water partition coefficient (Wildman–Crippen LogP) is 3.85. The highest BCUT2D eigenvalue weighted by Crippen LogP contribution is 2.54. The summed E-state index contributed by atoms with van der Waals surface area (Å²) in [7, 11) is 0. The van der Waals surface area contributed by atoms with Crippen LogP contribution < -0.4 is 0 Å². The van der Waals surface area contributed by atoms with Gasteiger partial charge in [-0.2, -0.15) is 0 Å². The van der Waals surface area contributed by atoms with Crippen molar-refractivity contribution in [3.63, 3.8) is 0 Å². The quantitative estimate of drug-likeness (QED) is 0.612. The predicted molar refractivity (Wildman–Crippen MR) is 109 cm³/mol. The third-order valence-corrected chi connectivity index (χ3v) is 7.45. The summed E-state index contributed by atoms with van der Waals surface area (Å²) in [4.78, 5) is 29.0. The van der Waals surface area contributed by atoms with E-state index >= 15 is 0 Å². The molecule has 2 aliphatic heterocycles. The Balaban J connectivity index is 2.35. The molecule has 2 fully saturated rings. The van der Waals surface area contributed by atoms with E-state index in [9.17, 15) is 9.59 Å². The van der Waals surface area contributed by atoms with Gasteiger partial charge in [0.2, 0.25) is 0 Å². The Morgan fingerprint density at radius 3 is 2.00 bits per heavy atom. The lowest BCUT2D eigenvalue weighted by Crippen LogP contribution is -2.74. The van der Waals surface area contributed by atoms with Crippen LogP contribution in [0.1, 0.15) is 81.1 Å². The van der Waals surface area contributed by atoms with Crippen molar-refractivity contribution in [1.29, 1.82) is 0 Å². The van der Waals surface area contributed by atoms with Gasteiger partial charge in [0.15, 0.2) is 5.79 Å². The number of hydrogen-bond acceptors (Lipinski definition) is 7. The second-order valence-electron chi connectivity index (χ2n) is 9.36. The number of carbonyl (C=O) groups is 2. The van der Waals surface area contributed by atoms with Crippen LogP contribution in [0, 0.1) is 11.3 Å². The van der Waals surface area contributed by atoms with Gasteiger partial charge in [0.25, 0.3) is 0 Å². The Kier molecular flexibility index (Phi) is 7.08. The number of rotatable bonds is 6. The Bertz CT molecular complexity index is 614. The molecule has 2 unspecified atom stereocenters. The molecule has 0 aromatic rings. The van der Waals surface area contributed by atoms with E-state index in [4.69, 9.17) is 19.0 Å². The highest BCUT2D eigenvalue weighted by Gasteiger charge is 2.64. The summed E-state index contributed by atoms with van der Waals surface area (Å²) in [6.07, 6.45) is 2.94. The smallest absolute Gasteiger partial charge is 0.322 e. The van der Waals surface area contributed by atoms with Crippen LogP contribution in [0.4, 0.5) is 0 Å². The number of hydrogen-bond donors (Lipinski definition) is 0. The summed E-state index contributed by atoms with van der Waals surface area (Å²) in [5, 5.41) is 1.89. The average molecular weight is 414 g/mol. The molecular formula is C22H39NO6. The first kappa shape index (κ1) is 24.1. The third kappa shape index (κ3) is 4.32. The van der Waals surface area contributed by atoms with Crippen LogP contribution in [0.3, 0.4) is 0 Å². The molecule has 29 heavy (non-hydrogen) atoms. The maximum atomic E-state index is 11.9. The molecule has 7 heteroatoms. The molecule has 0 aliphatic carbocycles. The van der Waals surface area contributed by atoms with E-state index in [2.05, 4.69) is 41.5 Å². The van der Waals surface area contributed by atoms with Crippen molar-refractivity contribution in [2.75, 3.05) is 19.8 Å². The minimum Gasteiger partial charge on any atom is -0.465 e. The van der Waals surface area contributed by atoms with E-state index in [0.29, 0.717) is 26.2 Å². The van der Waals surface area contributed by atoms with Crippen molar-refractivity contribution < 1.29 is 28.6 Å². The highest BCUT2D eigenvalue weighted by molar-refractivity contribution is 5.66. The van der Waals surface area contributed by atoms with Gasteiger partial charge in [-0.3, -0.25) is 9.59 Å². The molecule has 0 N–H and O–H groups in total. The summed E-state index contributed by atoms with van der Waals surface area (Å²) < 4.78 is 18.3. The maximum absolute atomic E-state index is 11.9. The van der Waals surface area contributed by atoms with Crippen LogP contribution >= 0.6 is 0 Å². The highest BCUT2D eigenvalue weighted by atomic mass is 16.7. The molecule has 2 rings (SSSR count). The first-order valence-corrected chi connectivity index (χ1v) is 10.8. The van der Waals surface area contributed by atoms with Crippen LogP contribution in [0.2, 0.25) is 0 Å². The molecule has 0 aromatic carbocycles. The summed E-state index contributed by atoms with van der Waals surface area (Å²) in [5.74, 6) is -1.42. The number of piperidine rings is 1. The zero-order chi connectivity index (χ0) is 22.1. The fourth-order valence-electron chi connectivity index (χ4n) is 4.71. The SMILES string of the molecule is CCC1(COC(C)=O)COC2(C[C@@](C)(CC)N(OC(C)=O)C(C)(CC)C2C)OC1. The van der Waals surface area contributed by atoms with Gasteiger partial charge >= 0.3 is 11.9 Å². The lowest BCUT2D eigenvalue weighted by atomic mass is 9.66. The van der Waals surface area contributed by atoms with Crippen molar-refractivity contribution in [3.05, 3.63) is 0 Å². The zero-order valence-corrected chi connectivity index (χ0v) is 19.4. The van der Waals surface area contributed by atoms with Crippen molar-refractivity contribution >= 4 is 11.9 Å². The van der Waals surface area contributed by atoms with Crippen LogP contribution in [-0.2, 0) is 28.6 Å². The molecule has 2 heterocycles. The van der Waals surface area contributed by atoms with Crippen molar-refractivity contribution in [1.82, 2.24) is 5.06 Å². The molecule has 0 radical (unpaired) electrons. The Morgan fingerprint density at radius 1 is 1.00 bits per heavy atom. The normalized spacial score (nSPS) is 40.6. The standard InChI is InChI=1S/C22H39NO6/c1-9-19(7)12-22(16(4)20(8,10-2)23(19)29-18(6)25)27-14-21(11-3,15-28-22)13-26-17(5)24/h16H,9-15H2,1-8H3/t16?,19-,20?,21?,22?/m1/s1. The van der Waals surface area contributed by atoms with E-state index < -0.39 is 16.9 Å². The van der Waals surface area contributed by atoms with Crippen LogP contribution in [0.25, 0.3) is 0 Å². The number of esters is 1. The van der Waals surface area contributed by atoms with E-state index in [1.807, 2.05) is 5.06 Å². The number of carbonyl (C=O) groups excluding carboxylic acids is 2. The zero-order valence-electron chi connectivity index (χ0n) is 19.4. The summed E-state index contributed by atoms with van der Waals surface area (Å²) in [5.41, 5.74) is -1.21. The van der Waals surface area contributed by atoms with E-state index in [0.717, 1.165) is 19.3 Å². The van der Waals surface area contributed by atoms with Gasteiger partial charge < -0.3 is 19.0 Å². The maximum Gasteiger partial charge on any atom is 0.322 e. The topological polar surface area (TPSA) is 74.3 Å². The van der Waals surface area contributed by atoms with Crippen LogP contribution in [-0.4, -0.2) is 53.7 Å². The van der Waals surface area contributed by atoms with Gasteiger partial charge in [0, 0.05) is 26.2 Å². The fourth-order valence-corrected chi connectivity index (χ4v) is 4.71. The van der Waals surface area contributed by atoms with Gasteiger partial charge in [-0.25, -0.2) is 0 Å². The minimum absolute atomic E-state index is 0.0393. The van der Waals surface area contributed by atoms with Crippen molar-refractivity contribution in [2.45, 2.75) is 97.9 Å². The van der Waals surface area contributed by atoms with Crippen LogP contribution in [0.15, 0.2) is 0 Å². The number of ether oxygens (including phenoxy) is 3. The van der Waals surface area contributed by atoms with E-state index in [1.165, 1.54) is 13.8 Å². The van der Waals surface area contributed by atoms with Gasteiger partial charge in [-0.05, 0) is 33.1 Å². The Labute approximate surface area is 175 Å². The summed E-state index contributed by atoms with van der Waals surface area (Å²) in [6.45, 7) is 16.7. The molecule has 0 saturated carbocycles. The van der Waals surface area contributed by atoms with E-state index in [1.54, 1.807) is 0 Å². The summed E-state index contributed by atoms with van der Waals surface area (Å²) >= 11 is 0. The third-order valence-electron chi connectivity index (χ3n) is 7.45. The molecular weight excluding hydrogens is 374 g/mol. The molecule has 0 amide bonds. The largest absolute Gasteiger partial charge is 0.465 e. The Hall–Kier alpha value is -1.18. The van der Waals surface area contributed by atoms with Crippen molar-refractivity contribution in [2.24, 2.45) is 11.3 Å². The lowest BCUT2D eigenvalue weighted by Gasteiger charge is -2.63. The van der Waals surface area contributed by atoms with Crippen LogP contribution in [0.5, 0.6) is 0 Å². The monoisotopic (exact) mass is 413 g/mol. The number of nitrogens with zero attached hydrogens (tertiary/aromatic N) is 1. The molecule has 2 aliphatic rings. The molecule has 0 aromatic heterocycles. The first-order valence-electron chi connectivity index (χ1n) is 10.8. The molecule has 2 saturated heterocycles. The molecule has 7 nitrogen and oxygen atoms in total. The van der Waals surface area contributed by atoms with Gasteiger partial charge in [0.1, 0.15) is 6.61 Å². The molecule has 3 atom stereocenters. The minimum atomic E-state index is -0.777. The molecule has 168 valence electrons. The van der Waals surface area contributed by atoms with Crippen molar-refractivity contribution in [3.8, 4) is 0 Å². The lowest BCUT2D eigenvalue weighted by molar-refractivity contribution is -0.403.